The molecule has 2 fully saturated rings. The van der Waals surface area contributed by atoms with E-state index in [2.05, 4.69) is 31.1 Å². The van der Waals surface area contributed by atoms with Gasteiger partial charge in [0.2, 0.25) is 0 Å². The minimum absolute atomic E-state index is 0.816. The SMILES string of the molecule is CC1CCCC(N(C)C2CCNCC2C)C1. The summed E-state index contributed by atoms with van der Waals surface area (Å²) in [5.41, 5.74) is 0. The zero-order valence-corrected chi connectivity index (χ0v) is 11.2. The lowest BCUT2D eigenvalue weighted by Crippen LogP contribution is -2.51. The van der Waals surface area contributed by atoms with Crippen LogP contribution in [0.4, 0.5) is 0 Å². The second kappa shape index (κ2) is 5.50. The summed E-state index contributed by atoms with van der Waals surface area (Å²) in [6.07, 6.45) is 7.08. The average molecular weight is 224 g/mol. The van der Waals surface area contributed by atoms with Crippen molar-refractivity contribution in [2.45, 2.75) is 58.0 Å². The molecule has 1 saturated heterocycles. The third-order valence-electron chi connectivity index (χ3n) is 4.75. The van der Waals surface area contributed by atoms with E-state index < -0.39 is 0 Å². The van der Waals surface area contributed by atoms with Crippen LogP contribution in [0.1, 0.15) is 46.0 Å². The highest BCUT2D eigenvalue weighted by Crippen LogP contribution is 2.30. The molecule has 4 unspecified atom stereocenters. The van der Waals surface area contributed by atoms with Gasteiger partial charge in [-0.15, -0.1) is 0 Å². The molecular formula is C14H28N2. The molecule has 0 bridgehead atoms. The maximum atomic E-state index is 3.50. The largest absolute Gasteiger partial charge is 0.316 e. The van der Waals surface area contributed by atoms with Gasteiger partial charge >= 0.3 is 0 Å². The first-order chi connectivity index (χ1) is 7.68. The van der Waals surface area contributed by atoms with E-state index in [0.29, 0.717) is 0 Å². The van der Waals surface area contributed by atoms with Gasteiger partial charge in [0, 0.05) is 12.1 Å². The minimum Gasteiger partial charge on any atom is -0.316 e. The smallest absolute Gasteiger partial charge is 0.0145 e. The van der Waals surface area contributed by atoms with E-state index in [-0.39, 0.29) is 0 Å². The van der Waals surface area contributed by atoms with Crippen molar-refractivity contribution in [1.29, 1.82) is 0 Å². The molecule has 1 saturated carbocycles. The molecule has 1 aliphatic heterocycles. The first kappa shape index (κ1) is 12.4. The number of nitrogens with zero attached hydrogens (tertiary/aromatic N) is 1. The summed E-state index contributed by atoms with van der Waals surface area (Å²) in [5.74, 6) is 1.76. The molecule has 0 amide bonds. The lowest BCUT2D eigenvalue weighted by atomic mass is 9.84. The summed E-state index contributed by atoms with van der Waals surface area (Å²) in [6, 6.07) is 1.67. The second-order valence-corrected chi connectivity index (χ2v) is 6.13. The van der Waals surface area contributed by atoms with Gasteiger partial charge in [0.1, 0.15) is 0 Å². The Balaban J connectivity index is 1.91. The molecule has 0 radical (unpaired) electrons. The summed E-state index contributed by atoms with van der Waals surface area (Å²) in [5, 5.41) is 3.50. The van der Waals surface area contributed by atoms with Crippen molar-refractivity contribution in [3.05, 3.63) is 0 Å². The molecule has 1 heterocycles. The average Bonchev–Trinajstić information content (AvgIpc) is 2.29. The van der Waals surface area contributed by atoms with E-state index in [1.54, 1.807) is 0 Å². The molecule has 0 aromatic rings. The van der Waals surface area contributed by atoms with Crippen LogP contribution in [0.3, 0.4) is 0 Å². The monoisotopic (exact) mass is 224 g/mol. The van der Waals surface area contributed by atoms with Crippen LogP contribution in [0, 0.1) is 11.8 Å². The first-order valence-electron chi connectivity index (χ1n) is 7.11. The van der Waals surface area contributed by atoms with Gasteiger partial charge in [-0.05, 0) is 51.2 Å². The Morgan fingerprint density at radius 3 is 2.62 bits per heavy atom. The van der Waals surface area contributed by atoms with E-state index >= 15 is 0 Å². The molecule has 94 valence electrons. The maximum absolute atomic E-state index is 3.50. The highest BCUT2D eigenvalue weighted by atomic mass is 15.2. The molecule has 0 spiro atoms. The van der Waals surface area contributed by atoms with Crippen LogP contribution in [0.2, 0.25) is 0 Å². The molecule has 2 rings (SSSR count). The highest BCUT2D eigenvalue weighted by molar-refractivity contribution is 4.87. The number of hydrogen-bond donors (Lipinski definition) is 1. The highest BCUT2D eigenvalue weighted by Gasteiger charge is 2.31. The van der Waals surface area contributed by atoms with E-state index in [4.69, 9.17) is 0 Å². The number of nitrogens with one attached hydrogen (secondary N) is 1. The predicted molar refractivity (Wildman–Crippen MR) is 69.6 cm³/mol. The molecular weight excluding hydrogens is 196 g/mol. The molecule has 4 atom stereocenters. The fourth-order valence-electron chi connectivity index (χ4n) is 3.65. The van der Waals surface area contributed by atoms with E-state index in [0.717, 1.165) is 23.9 Å². The third kappa shape index (κ3) is 2.78. The van der Waals surface area contributed by atoms with Gasteiger partial charge in [0.05, 0.1) is 0 Å². The second-order valence-electron chi connectivity index (χ2n) is 6.13. The Labute approximate surface area is 101 Å². The van der Waals surface area contributed by atoms with E-state index in [1.165, 1.54) is 45.2 Å². The van der Waals surface area contributed by atoms with Crippen molar-refractivity contribution in [3.63, 3.8) is 0 Å². The van der Waals surface area contributed by atoms with Crippen molar-refractivity contribution >= 4 is 0 Å². The standard InChI is InChI=1S/C14H28N2/c1-11-5-4-6-13(9-11)16(3)14-7-8-15-10-12(14)2/h11-15H,4-10H2,1-3H3. The molecule has 2 nitrogen and oxygen atoms in total. The maximum Gasteiger partial charge on any atom is 0.0145 e. The molecule has 2 aliphatic rings. The van der Waals surface area contributed by atoms with Gasteiger partial charge in [0.25, 0.3) is 0 Å². The molecule has 1 N–H and O–H groups in total. The zero-order valence-electron chi connectivity index (χ0n) is 11.2. The van der Waals surface area contributed by atoms with E-state index in [9.17, 15) is 0 Å². The summed E-state index contributed by atoms with van der Waals surface area (Å²) in [7, 11) is 2.37. The van der Waals surface area contributed by atoms with Crippen molar-refractivity contribution in [1.82, 2.24) is 10.2 Å². The van der Waals surface area contributed by atoms with Gasteiger partial charge < -0.3 is 10.2 Å². The quantitative estimate of drug-likeness (QED) is 0.775. The minimum atomic E-state index is 0.816. The lowest BCUT2D eigenvalue weighted by molar-refractivity contribution is 0.0721. The summed E-state index contributed by atoms with van der Waals surface area (Å²) >= 11 is 0. The lowest BCUT2D eigenvalue weighted by Gasteiger charge is -2.43. The molecule has 0 aromatic carbocycles. The van der Waals surface area contributed by atoms with Gasteiger partial charge in [0.15, 0.2) is 0 Å². The Kier molecular flexibility index (Phi) is 4.26. The van der Waals surface area contributed by atoms with Crippen LogP contribution in [0.25, 0.3) is 0 Å². The number of rotatable bonds is 2. The van der Waals surface area contributed by atoms with Gasteiger partial charge in [-0.25, -0.2) is 0 Å². The van der Waals surface area contributed by atoms with Crippen LogP contribution in [0.5, 0.6) is 0 Å². The summed E-state index contributed by atoms with van der Waals surface area (Å²) in [4.78, 5) is 2.71. The fraction of sp³-hybridized carbons (Fsp3) is 1.00. The number of piperidine rings is 1. The normalized spacial score (nSPS) is 41.2. The molecule has 2 heteroatoms. The Bertz CT molecular complexity index is 217. The fourth-order valence-corrected chi connectivity index (χ4v) is 3.65. The van der Waals surface area contributed by atoms with Crippen molar-refractivity contribution in [2.75, 3.05) is 20.1 Å². The topological polar surface area (TPSA) is 15.3 Å². The first-order valence-corrected chi connectivity index (χ1v) is 7.11. The van der Waals surface area contributed by atoms with Crippen LogP contribution in [0.15, 0.2) is 0 Å². The molecule has 16 heavy (non-hydrogen) atoms. The van der Waals surface area contributed by atoms with Gasteiger partial charge in [-0.2, -0.15) is 0 Å². The zero-order chi connectivity index (χ0) is 11.5. The van der Waals surface area contributed by atoms with Crippen molar-refractivity contribution in [3.8, 4) is 0 Å². The molecule has 1 aliphatic carbocycles. The van der Waals surface area contributed by atoms with Crippen LogP contribution in [-0.4, -0.2) is 37.1 Å². The Morgan fingerprint density at radius 1 is 1.12 bits per heavy atom. The summed E-state index contributed by atoms with van der Waals surface area (Å²) in [6.45, 7) is 7.24. The van der Waals surface area contributed by atoms with Crippen LogP contribution >= 0.6 is 0 Å². The van der Waals surface area contributed by atoms with Gasteiger partial charge in [-0.1, -0.05) is 26.7 Å². The van der Waals surface area contributed by atoms with Gasteiger partial charge in [-0.3, -0.25) is 0 Å². The van der Waals surface area contributed by atoms with Crippen molar-refractivity contribution in [2.24, 2.45) is 11.8 Å². The molecule has 0 aromatic heterocycles. The summed E-state index contributed by atoms with van der Waals surface area (Å²) < 4.78 is 0. The van der Waals surface area contributed by atoms with Crippen LogP contribution in [-0.2, 0) is 0 Å². The van der Waals surface area contributed by atoms with Crippen molar-refractivity contribution < 1.29 is 0 Å². The number of hydrogen-bond acceptors (Lipinski definition) is 2. The Morgan fingerprint density at radius 2 is 1.94 bits per heavy atom. The Hall–Kier alpha value is -0.0800. The predicted octanol–water partition coefficient (Wildman–Crippen LogP) is 2.49. The third-order valence-corrected chi connectivity index (χ3v) is 4.75. The van der Waals surface area contributed by atoms with Crippen LogP contribution < -0.4 is 5.32 Å². The van der Waals surface area contributed by atoms with E-state index in [1.807, 2.05) is 0 Å².